The third-order valence-corrected chi connectivity index (χ3v) is 5.79. The van der Waals surface area contributed by atoms with Crippen LogP contribution in [0.4, 0.5) is 0 Å². The highest BCUT2D eigenvalue weighted by atomic mass is 32.2. The molecule has 0 aliphatic carbocycles. The highest BCUT2D eigenvalue weighted by Gasteiger charge is 2.37. The van der Waals surface area contributed by atoms with Crippen LogP contribution in [0.1, 0.15) is 32.1 Å². The van der Waals surface area contributed by atoms with Crippen molar-refractivity contribution >= 4 is 10.2 Å². The Morgan fingerprint density at radius 2 is 1.76 bits per heavy atom. The largest absolute Gasteiger partial charge is 0.318 e. The van der Waals surface area contributed by atoms with Crippen molar-refractivity contribution in [2.24, 2.45) is 0 Å². The molecular formula is C11H23N3O2S. The second kappa shape index (κ2) is 5.65. The minimum atomic E-state index is -3.21. The third-order valence-electron chi connectivity index (χ3n) is 3.70. The van der Waals surface area contributed by atoms with Gasteiger partial charge in [0.05, 0.1) is 0 Å². The number of likely N-dealkylation sites (N-methyl/N-ethyl adjacent to an activating group) is 1. The van der Waals surface area contributed by atoms with Crippen LogP contribution in [0.25, 0.3) is 0 Å². The molecule has 100 valence electrons. The van der Waals surface area contributed by atoms with Gasteiger partial charge in [0, 0.05) is 32.2 Å². The fourth-order valence-corrected chi connectivity index (χ4v) is 4.72. The lowest BCUT2D eigenvalue weighted by Crippen LogP contribution is -2.52. The molecule has 2 fully saturated rings. The molecule has 0 aromatic rings. The molecule has 6 heteroatoms. The highest BCUT2D eigenvalue weighted by molar-refractivity contribution is 7.86. The van der Waals surface area contributed by atoms with Gasteiger partial charge in [-0.25, -0.2) is 0 Å². The summed E-state index contributed by atoms with van der Waals surface area (Å²) < 4.78 is 28.4. The summed E-state index contributed by atoms with van der Waals surface area (Å²) in [5.74, 6) is 0. The zero-order chi connectivity index (χ0) is 12.3. The Labute approximate surface area is 104 Å². The van der Waals surface area contributed by atoms with E-state index < -0.39 is 10.2 Å². The molecule has 0 amide bonds. The molecule has 0 bridgehead atoms. The second-order valence-electron chi connectivity index (χ2n) is 4.93. The van der Waals surface area contributed by atoms with Crippen LogP contribution in [0.5, 0.6) is 0 Å². The molecule has 0 radical (unpaired) electrons. The zero-order valence-electron chi connectivity index (χ0n) is 10.6. The average Bonchev–Trinajstić information content (AvgIpc) is 2.84. The average molecular weight is 261 g/mol. The summed E-state index contributed by atoms with van der Waals surface area (Å²) in [7, 11) is -1.32. The van der Waals surface area contributed by atoms with E-state index in [0.29, 0.717) is 19.6 Å². The van der Waals surface area contributed by atoms with Gasteiger partial charge in [-0.1, -0.05) is 6.42 Å². The van der Waals surface area contributed by atoms with Crippen molar-refractivity contribution in [2.75, 3.05) is 33.2 Å². The maximum absolute atomic E-state index is 12.5. The molecule has 17 heavy (non-hydrogen) atoms. The molecule has 2 rings (SSSR count). The van der Waals surface area contributed by atoms with E-state index in [-0.39, 0.29) is 6.04 Å². The predicted molar refractivity (Wildman–Crippen MR) is 68.0 cm³/mol. The van der Waals surface area contributed by atoms with E-state index in [1.54, 1.807) is 8.61 Å². The number of nitrogens with zero attached hydrogens (tertiary/aromatic N) is 2. The van der Waals surface area contributed by atoms with Crippen LogP contribution in [0.15, 0.2) is 0 Å². The topological polar surface area (TPSA) is 52.7 Å². The number of nitrogens with one attached hydrogen (secondary N) is 1. The summed E-state index contributed by atoms with van der Waals surface area (Å²) in [5.41, 5.74) is 0. The Bertz CT molecular complexity index is 337. The molecule has 0 saturated carbocycles. The fourth-order valence-electron chi connectivity index (χ4n) is 2.78. The molecule has 0 aromatic heterocycles. The van der Waals surface area contributed by atoms with Crippen LogP contribution in [0, 0.1) is 0 Å². The third kappa shape index (κ3) is 2.81. The van der Waals surface area contributed by atoms with Gasteiger partial charge in [0.1, 0.15) is 0 Å². The van der Waals surface area contributed by atoms with E-state index in [9.17, 15) is 8.42 Å². The summed E-state index contributed by atoms with van der Waals surface area (Å²) in [4.78, 5) is 0. The summed E-state index contributed by atoms with van der Waals surface area (Å²) in [6.07, 6.45) is 5.12. The smallest absolute Gasteiger partial charge is 0.282 e. The number of piperidine rings is 1. The van der Waals surface area contributed by atoms with Crippen molar-refractivity contribution in [1.29, 1.82) is 0 Å². The molecule has 5 nitrogen and oxygen atoms in total. The predicted octanol–water partition coefficient (Wildman–Crippen LogP) is 0.401. The van der Waals surface area contributed by atoms with E-state index >= 15 is 0 Å². The summed E-state index contributed by atoms with van der Waals surface area (Å²) in [6.45, 7) is 2.84. The fraction of sp³-hybridized carbons (Fsp3) is 1.00. The molecule has 2 saturated heterocycles. The van der Waals surface area contributed by atoms with Gasteiger partial charge in [-0.2, -0.15) is 17.0 Å². The minimum Gasteiger partial charge on any atom is -0.318 e. The quantitative estimate of drug-likeness (QED) is 0.797. The SMILES string of the molecule is CNCC1CCCCN1S(=O)(=O)N1CCCC1. The molecule has 1 unspecified atom stereocenters. The molecule has 1 N–H and O–H groups in total. The van der Waals surface area contributed by atoms with Crippen LogP contribution in [-0.2, 0) is 10.2 Å². The Morgan fingerprint density at radius 3 is 2.41 bits per heavy atom. The van der Waals surface area contributed by atoms with Crippen molar-refractivity contribution in [1.82, 2.24) is 13.9 Å². The molecule has 2 aliphatic rings. The zero-order valence-corrected chi connectivity index (χ0v) is 11.4. The molecule has 0 spiro atoms. The standard InChI is InChI=1S/C11H23N3O2S/c1-12-10-11-6-2-3-9-14(11)17(15,16)13-7-4-5-8-13/h11-12H,2-10H2,1H3. The molecule has 1 atom stereocenters. The Hall–Kier alpha value is -0.170. The second-order valence-corrected chi connectivity index (χ2v) is 6.81. The number of rotatable bonds is 4. The first-order chi connectivity index (χ1) is 8.16. The lowest BCUT2D eigenvalue weighted by atomic mass is 10.1. The van der Waals surface area contributed by atoms with Crippen molar-refractivity contribution in [2.45, 2.75) is 38.1 Å². The van der Waals surface area contributed by atoms with Crippen molar-refractivity contribution in [3.05, 3.63) is 0 Å². The first-order valence-corrected chi connectivity index (χ1v) is 7.97. The molecule has 2 heterocycles. The van der Waals surface area contributed by atoms with Crippen LogP contribution >= 0.6 is 0 Å². The van der Waals surface area contributed by atoms with Gasteiger partial charge in [-0.3, -0.25) is 0 Å². The highest BCUT2D eigenvalue weighted by Crippen LogP contribution is 2.24. The van der Waals surface area contributed by atoms with E-state index in [0.717, 1.165) is 38.6 Å². The van der Waals surface area contributed by atoms with Crippen LogP contribution in [0.3, 0.4) is 0 Å². The van der Waals surface area contributed by atoms with E-state index in [4.69, 9.17) is 0 Å². The summed E-state index contributed by atoms with van der Waals surface area (Å²) in [5, 5.41) is 3.11. The van der Waals surface area contributed by atoms with Gasteiger partial charge in [-0.05, 0) is 32.7 Å². The lowest BCUT2D eigenvalue weighted by molar-refractivity contribution is 0.233. The van der Waals surface area contributed by atoms with Crippen molar-refractivity contribution < 1.29 is 8.42 Å². The van der Waals surface area contributed by atoms with Crippen molar-refractivity contribution in [3.63, 3.8) is 0 Å². The first-order valence-electron chi connectivity index (χ1n) is 6.58. The van der Waals surface area contributed by atoms with Crippen molar-refractivity contribution in [3.8, 4) is 0 Å². The Kier molecular flexibility index (Phi) is 4.41. The van der Waals surface area contributed by atoms with Crippen LogP contribution < -0.4 is 5.32 Å². The van der Waals surface area contributed by atoms with Crippen LogP contribution in [-0.4, -0.2) is 56.3 Å². The minimum absolute atomic E-state index is 0.138. The monoisotopic (exact) mass is 261 g/mol. The Balaban J connectivity index is 2.11. The first kappa shape index (κ1) is 13.3. The summed E-state index contributed by atoms with van der Waals surface area (Å²) >= 11 is 0. The summed E-state index contributed by atoms with van der Waals surface area (Å²) in [6, 6.07) is 0.138. The number of hydrogen-bond acceptors (Lipinski definition) is 3. The molecule has 2 aliphatic heterocycles. The van der Waals surface area contributed by atoms with Gasteiger partial charge in [-0.15, -0.1) is 0 Å². The van der Waals surface area contributed by atoms with Gasteiger partial charge in [0.2, 0.25) is 0 Å². The normalized spacial score (nSPS) is 28.6. The van der Waals surface area contributed by atoms with E-state index in [2.05, 4.69) is 5.32 Å². The van der Waals surface area contributed by atoms with Gasteiger partial charge < -0.3 is 5.32 Å². The van der Waals surface area contributed by atoms with Gasteiger partial charge in [0.25, 0.3) is 10.2 Å². The van der Waals surface area contributed by atoms with Gasteiger partial charge in [0.15, 0.2) is 0 Å². The molecular weight excluding hydrogens is 238 g/mol. The maximum Gasteiger partial charge on any atom is 0.282 e. The molecule has 0 aromatic carbocycles. The number of hydrogen-bond donors (Lipinski definition) is 1. The van der Waals surface area contributed by atoms with Crippen LogP contribution in [0.2, 0.25) is 0 Å². The maximum atomic E-state index is 12.5. The van der Waals surface area contributed by atoms with Gasteiger partial charge >= 0.3 is 0 Å². The van der Waals surface area contributed by atoms with E-state index in [1.807, 2.05) is 7.05 Å². The van der Waals surface area contributed by atoms with E-state index in [1.165, 1.54) is 0 Å². The Morgan fingerprint density at radius 1 is 1.12 bits per heavy atom. The lowest BCUT2D eigenvalue weighted by Gasteiger charge is -2.36.